The van der Waals surface area contributed by atoms with Gasteiger partial charge in [0.2, 0.25) is 5.76 Å². The molecular weight excluding hydrogens is 418 g/mol. The van der Waals surface area contributed by atoms with E-state index >= 15 is 0 Å². The molecule has 0 unspecified atom stereocenters. The van der Waals surface area contributed by atoms with Crippen LogP contribution in [0.15, 0.2) is 57.9 Å². The summed E-state index contributed by atoms with van der Waals surface area (Å²) in [5.74, 6) is 0.0607. The van der Waals surface area contributed by atoms with Gasteiger partial charge in [-0.15, -0.1) is 0 Å². The molecule has 7 nitrogen and oxygen atoms in total. The Morgan fingerprint density at radius 2 is 1.87 bits per heavy atom. The van der Waals surface area contributed by atoms with Gasteiger partial charge in [-0.1, -0.05) is 30.3 Å². The highest BCUT2D eigenvalue weighted by Gasteiger charge is 2.36. The van der Waals surface area contributed by atoms with E-state index in [0.29, 0.717) is 17.3 Å². The fourth-order valence-electron chi connectivity index (χ4n) is 3.31. The number of fused-ring (bicyclic) bond motifs is 1. The molecule has 0 atom stereocenters. The van der Waals surface area contributed by atoms with Crippen molar-refractivity contribution in [1.82, 2.24) is 4.90 Å². The van der Waals surface area contributed by atoms with Crippen molar-refractivity contribution in [1.29, 1.82) is 0 Å². The molecular formula is C23H19NO6S. The van der Waals surface area contributed by atoms with Gasteiger partial charge in [0.15, 0.2) is 0 Å². The summed E-state index contributed by atoms with van der Waals surface area (Å²) in [4.78, 5) is 38.3. The molecule has 8 heteroatoms. The second-order valence-electron chi connectivity index (χ2n) is 6.66. The van der Waals surface area contributed by atoms with Crippen LogP contribution >= 0.6 is 11.8 Å². The number of imide groups is 1. The van der Waals surface area contributed by atoms with Crippen molar-refractivity contribution < 1.29 is 28.3 Å². The summed E-state index contributed by atoms with van der Waals surface area (Å²) >= 11 is 0.870. The van der Waals surface area contributed by atoms with Gasteiger partial charge in [-0.3, -0.25) is 14.5 Å². The van der Waals surface area contributed by atoms with Crippen LogP contribution in [-0.2, 0) is 16.1 Å². The molecule has 158 valence electrons. The molecule has 0 bridgehead atoms. The number of methoxy groups -OCH3 is 1. The Bertz CT molecular complexity index is 1210. The summed E-state index contributed by atoms with van der Waals surface area (Å²) in [5.41, 5.74) is 0.815. The average molecular weight is 437 g/mol. The van der Waals surface area contributed by atoms with Crippen molar-refractivity contribution >= 4 is 45.7 Å². The highest BCUT2D eigenvalue weighted by Crippen LogP contribution is 2.36. The number of amides is 2. The quantitative estimate of drug-likeness (QED) is 0.402. The molecule has 0 N–H and O–H groups in total. The van der Waals surface area contributed by atoms with Gasteiger partial charge >= 0.3 is 5.97 Å². The summed E-state index contributed by atoms with van der Waals surface area (Å²) < 4.78 is 15.7. The first-order valence-electron chi connectivity index (χ1n) is 9.58. The van der Waals surface area contributed by atoms with Crippen LogP contribution in [0.5, 0.6) is 5.75 Å². The number of carbonyl (C=O) groups is 3. The third-order valence-corrected chi connectivity index (χ3v) is 5.65. The number of esters is 1. The van der Waals surface area contributed by atoms with Crippen molar-refractivity contribution in [2.75, 3.05) is 13.7 Å². The number of thioether (sulfide) groups is 1. The Kier molecular flexibility index (Phi) is 5.81. The molecule has 2 heterocycles. The Hall–Kier alpha value is -3.52. The van der Waals surface area contributed by atoms with Gasteiger partial charge in [0.25, 0.3) is 11.1 Å². The minimum Gasteiger partial charge on any atom is -0.493 e. The number of furan rings is 1. The summed E-state index contributed by atoms with van der Waals surface area (Å²) in [6.07, 6.45) is 1.71. The van der Waals surface area contributed by atoms with Gasteiger partial charge in [0.1, 0.15) is 11.5 Å². The molecule has 0 saturated carbocycles. The molecule has 2 amide bonds. The lowest BCUT2D eigenvalue weighted by atomic mass is 10.0. The molecule has 1 aliphatic rings. The van der Waals surface area contributed by atoms with E-state index in [1.807, 2.05) is 43.3 Å². The van der Waals surface area contributed by atoms with Crippen molar-refractivity contribution in [3.63, 3.8) is 0 Å². The largest absolute Gasteiger partial charge is 0.493 e. The minimum absolute atomic E-state index is 0.0147. The van der Waals surface area contributed by atoms with E-state index in [9.17, 15) is 14.4 Å². The molecule has 2 aromatic carbocycles. The van der Waals surface area contributed by atoms with Crippen LogP contribution in [0.3, 0.4) is 0 Å². The van der Waals surface area contributed by atoms with Crippen LogP contribution < -0.4 is 4.74 Å². The van der Waals surface area contributed by atoms with E-state index < -0.39 is 17.1 Å². The summed E-state index contributed by atoms with van der Waals surface area (Å²) in [6, 6.07) is 14.5. The molecule has 1 fully saturated rings. The predicted octanol–water partition coefficient (Wildman–Crippen LogP) is 4.85. The standard InChI is InChI=1S/C23H19NO6S/c1-3-29-18-10-8-14(16-6-4-5-7-17(16)18)12-20-21(25)24(23(27)31-20)13-15-9-11-19(30-15)22(26)28-2/h4-12H,3,13H2,1-2H3. The van der Waals surface area contributed by atoms with Gasteiger partial charge in [-0.25, -0.2) is 4.79 Å². The maximum Gasteiger partial charge on any atom is 0.373 e. The van der Waals surface area contributed by atoms with Crippen molar-refractivity contribution in [2.24, 2.45) is 0 Å². The van der Waals surface area contributed by atoms with E-state index in [1.165, 1.54) is 13.2 Å². The Morgan fingerprint density at radius 1 is 1.10 bits per heavy atom. The molecule has 31 heavy (non-hydrogen) atoms. The number of carbonyl (C=O) groups excluding carboxylic acids is 3. The van der Waals surface area contributed by atoms with Gasteiger partial charge in [-0.05, 0) is 53.9 Å². The Balaban J connectivity index is 1.61. The lowest BCUT2D eigenvalue weighted by Gasteiger charge is -2.11. The zero-order valence-corrected chi connectivity index (χ0v) is 17.7. The Labute approximate surface area is 182 Å². The van der Waals surface area contributed by atoms with Crippen molar-refractivity contribution in [2.45, 2.75) is 13.5 Å². The van der Waals surface area contributed by atoms with Gasteiger partial charge in [0, 0.05) is 5.39 Å². The van der Waals surface area contributed by atoms with Crippen molar-refractivity contribution in [3.05, 3.63) is 70.5 Å². The highest BCUT2D eigenvalue weighted by atomic mass is 32.2. The van der Waals surface area contributed by atoms with Crippen LogP contribution in [0, 0.1) is 0 Å². The molecule has 3 aromatic rings. The van der Waals surface area contributed by atoms with Gasteiger partial charge < -0.3 is 13.9 Å². The van der Waals surface area contributed by atoms with E-state index in [4.69, 9.17) is 9.15 Å². The lowest BCUT2D eigenvalue weighted by molar-refractivity contribution is -0.123. The normalized spacial score (nSPS) is 15.2. The van der Waals surface area contributed by atoms with E-state index in [-0.39, 0.29) is 12.3 Å². The zero-order chi connectivity index (χ0) is 22.0. The van der Waals surface area contributed by atoms with E-state index in [2.05, 4.69) is 4.74 Å². The molecule has 0 aliphatic carbocycles. The number of rotatable bonds is 6. The topological polar surface area (TPSA) is 86.1 Å². The SMILES string of the molecule is CCOc1ccc(C=C2SC(=O)N(Cc3ccc(C(=O)OC)o3)C2=O)c2ccccc12. The second kappa shape index (κ2) is 8.69. The van der Waals surface area contributed by atoms with Crippen LogP contribution in [-0.4, -0.2) is 35.7 Å². The second-order valence-corrected chi connectivity index (χ2v) is 7.65. The maximum atomic E-state index is 12.9. The number of hydrogen-bond acceptors (Lipinski definition) is 7. The van der Waals surface area contributed by atoms with Gasteiger partial charge in [-0.2, -0.15) is 0 Å². The third kappa shape index (κ3) is 4.06. The number of nitrogens with zero attached hydrogens (tertiary/aromatic N) is 1. The first-order valence-corrected chi connectivity index (χ1v) is 10.4. The Morgan fingerprint density at radius 3 is 2.61 bits per heavy atom. The predicted molar refractivity (Wildman–Crippen MR) is 117 cm³/mol. The lowest BCUT2D eigenvalue weighted by Crippen LogP contribution is -2.27. The molecule has 1 aliphatic heterocycles. The fraction of sp³-hybridized carbons (Fsp3) is 0.174. The van der Waals surface area contributed by atoms with Crippen LogP contribution in [0.1, 0.15) is 28.8 Å². The fourth-order valence-corrected chi connectivity index (χ4v) is 4.14. The smallest absolute Gasteiger partial charge is 0.373 e. The summed E-state index contributed by atoms with van der Waals surface area (Å²) in [5, 5.41) is 1.46. The zero-order valence-electron chi connectivity index (χ0n) is 16.9. The average Bonchev–Trinajstić information content (AvgIpc) is 3.35. The van der Waals surface area contributed by atoms with E-state index in [1.54, 1.807) is 12.1 Å². The summed E-state index contributed by atoms with van der Waals surface area (Å²) in [7, 11) is 1.25. The first-order chi connectivity index (χ1) is 15.0. The van der Waals surface area contributed by atoms with Crippen molar-refractivity contribution in [3.8, 4) is 5.75 Å². The third-order valence-electron chi connectivity index (χ3n) is 4.74. The number of benzene rings is 2. The van der Waals surface area contributed by atoms with E-state index in [0.717, 1.165) is 38.7 Å². The molecule has 1 saturated heterocycles. The molecule has 0 radical (unpaired) electrons. The monoisotopic (exact) mass is 437 g/mol. The maximum absolute atomic E-state index is 12.9. The molecule has 1 aromatic heterocycles. The van der Waals surface area contributed by atoms with Crippen LogP contribution in [0.25, 0.3) is 16.8 Å². The highest BCUT2D eigenvalue weighted by molar-refractivity contribution is 8.18. The van der Waals surface area contributed by atoms with Crippen LogP contribution in [0.2, 0.25) is 0 Å². The first kappa shape index (κ1) is 20.7. The summed E-state index contributed by atoms with van der Waals surface area (Å²) in [6.45, 7) is 2.40. The molecule has 4 rings (SSSR count). The molecule has 0 spiro atoms. The van der Waals surface area contributed by atoms with Gasteiger partial charge in [0.05, 0.1) is 25.2 Å². The van der Waals surface area contributed by atoms with Crippen LogP contribution in [0.4, 0.5) is 4.79 Å². The number of ether oxygens (including phenoxy) is 2. The number of hydrogen-bond donors (Lipinski definition) is 0. The minimum atomic E-state index is -0.623.